The SMILES string of the molecule is COc1ccc(C23CCC(NC(=O)Nc4ccc(F)c(F)c4)CC2N(C(N)=S)CC3)cc1OC. The molecule has 34 heavy (non-hydrogen) atoms. The molecule has 2 fully saturated rings. The lowest BCUT2D eigenvalue weighted by Crippen LogP contribution is -2.54. The summed E-state index contributed by atoms with van der Waals surface area (Å²) in [4.78, 5) is 14.6. The van der Waals surface area contributed by atoms with E-state index in [1.807, 2.05) is 17.0 Å². The maximum absolute atomic E-state index is 13.5. The Morgan fingerprint density at radius 1 is 1.12 bits per heavy atom. The van der Waals surface area contributed by atoms with Crippen molar-refractivity contribution in [3.8, 4) is 11.5 Å². The maximum Gasteiger partial charge on any atom is 0.319 e. The lowest BCUT2D eigenvalue weighted by molar-refractivity contribution is 0.179. The molecule has 1 heterocycles. The minimum absolute atomic E-state index is 0.00887. The van der Waals surface area contributed by atoms with Crippen LogP contribution < -0.4 is 25.8 Å². The van der Waals surface area contributed by atoms with Gasteiger partial charge in [0.1, 0.15) is 0 Å². The number of carbonyl (C=O) groups excluding carboxylic acids is 1. The Balaban J connectivity index is 1.53. The van der Waals surface area contributed by atoms with E-state index in [1.165, 1.54) is 6.07 Å². The first-order chi connectivity index (χ1) is 16.3. The van der Waals surface area contributed by atoms with Crippen LogP contribution >= 0.6 is 12.2 Å². The van der Waals surface area contributed by atoms with E-state index < -0.39 is 17.7 Å². The van der Waals surface area contributed by atoms with Crippen LogP contribution in [0.4, 0.5) is 19.3 Å². The van der Waals surface area contributed by atoms with Crippen LogP contribution in [0.15, 0.2) is 36.4 Å². The molecule has 1 aliphatic heterocycles. The van der Waals surface area contributed by atoms with Crippen molar-refractivity contribution in [2.45, 2.75) is 43.2 Å². The molecule has 0 spiro atoms. The van der Waals surface area contributed by atoms with E-state index in [0.717, 1.165) is 43.5 Å². The van der Waals surface area contributed by atoms with Crippen molar-refractivity contribution in [1.29, 1.82) is 0 Å². The van der Waals surface area contributed by atoms with Gasteiger partial charge in [0.2, 0.25) is 0 Å². The third-order valence-electron chi connectivity index (χ3n) is 7.01. The zero-order valence-corrected chi connectivity index (χ0v) is 19.9. The van der Waals surface area contributed by atoms with Crippen molar-refractivity contribution in [2.24, 2.45) is 5.73 Å². The van der Waals surface area contributed by atoms with Crippen LogP contribution in [-0.2, 0) is 5.41 Å². The number of ether oxygens (including phenoxy) is 2. The van der Waals surface area contributed by atoms with Gasteiger partial charge in [-0.05, 0) is 67.7 Å². The van der Waals surface area contributed by atoms with Crippen LogP contribution in [0, 0.1) is 11.6 Å². The summed E-state index contributed by atoms with van der Waals surface area (Å²) >= 11 is 5.34. The van der Waals surface area contributed by atoms with E-state index in [9.17, 15) is 13.6 Å². The zero-order chi connectivity index (χ0) is 24.5. The average Bonchev–Trinajstić information content (AvgIpc) is 3.21. The molecule has 2 amide bonds. The Morgan fingerprint density at radius 2 is 1.88 bits per heavy atom. The average molecular weight is 491 g/mol. The number of fused-ring (bicyclic) bond motifs is 1. The minimum Gasteiger partial charge on any atom is -0.493 e. The molecule has 4 N–H and O–H groups in total. The normalized spacial score (nSPS) is 23.7. The van der Waals surface area contributed by atoms with Gasteiger partial charge in [-0.3, -0.25) is 0 Å². The van der Waals surface area contributed by atoms with Crippen LogP contribution in [0.1, 0.15) is 31.2 Å². The number of nitrogens with two attached hydrogens (primary N) is 1. The fourth-order valence-electron chi connectivity index (χ4n) is 5.35. The molecule has 10 heteroatoms. The Morgan fingerprint density at radius 3 is 2.56 bits per heavy atom. The molecule has 1 saturated carbocycles. The molecule has 1 aliphatic carbocycles. The van der Waals surface area contributed by atoms with E-state index in [4.69, 9.17) is 27.4 Å². The first-order valence-electron chi connectivity index (χ1n) is 11.1. The Hall–Kier alpha value is -3.14. The number of carbonyl (C=O) groups is 1. The fourth-order valence-corrected chi connectivity index (χ4v) is 5.57. The number of likely N-dealkylation sites (tertiary alicyclic amines) is 1. The highest BCUT2D eigenvalue weighted by Crippen LogP contribution is 2.50. The molecule has 2 aromatic carbocycles. The number of rotatable bonds is 5. The lowest BCUT2D eigenvalue weighted by Gasteiger charge is -2.45. The molecule has 182 valence electrons. The number of urea groups is 1. The van der Waals surface area contributed by atoms with Crippen LogP contribution in [0.25, 0.3) is 0 Å². The van der Waals surface area contributed by atoms with Gasteiger partial charge >= 0.3 is 6.03 Å². The standard InChI is InChI=1S/C24H28F2N4O3S/c1-32-19-6-3-14(11-20(19)33-2)24-8-7-16(13-21(24)30(10-9-24)22(27)34)29-23(31)28-15-4-5-17(25)18(26)12-15/h3-6,11-12,16,21H,7-10,13H2,1-2H3,(H2,27,34)(H2,28,29,31). The molecule has 3 atom stereocenters. The molecular weight excluding hydrogens is 462 g/mol. The molecular formula is C24H28F2N4O3S. The van der Waals surface area contributed by atoms with Crippen LogP contribution in [0.5, 0.6) is 11.5 Å². The smallest absolute Gasteiger partial charge is 0.319 e. The summed E-state index contributed by atoms with van der Waals surface area (Å²) in [5.41, 5.74) is 7.17. The summed E-state index contributed by atoms with van der Waals surface area (Å²) in [6, 6.07) is 8.58. The summed E-state index contributed by atoms with van der Waals surface area (Å²) in [7, 11) is 3.21. The second-order valence-corrected chi connectivity index (χ2v) is 9.14. The van der Waals surface area contributed by atoms with Crippen LogP contribution in [0.2, 0.25) is 0 Å². The number of hydrogen-bond acceptors (Lipinski definition) is 4. The summed E-state index contributed by atoms with van der Waals surface area (Å²) < 4.78 is 37.5. The summed E-state index contributed by atoms with van der Waals surface area (Å²) in [5.74, 6) is -0.669. The topological polar surface area (TPSA) is 88.9 Å². The fraction of sp³-hybridized carbons (Fsp3) is 0.417. The van der Waals surface area contributed by atoms with Crippen molar-refractivity contribution in [3.63, 3.8) is 0 Å². The Bertz CT molecular complexity index is 1100. The van der Waals surface area contributed by atoms with E-state index in [0.29, 0.717) is 23.0 Å². The highest BCUT2D eigenvalue weighted by atomic mass is 32.1. The minimum atomic E-state index is -1.02. The van der Waals surface area contributed by atoms with Gasteiger partial charge in [0.05, 0.1) is 14.2 Å². The second-order valence-electron chi connectivity index (χ2n) is 8.72. The van der Waals surface area contributed by atoms with Crippen molar-refractivity contribution < 1.29 is 23.0 Å². The number of halogens is 2. The van der Waals surface area contributed by atoms with E-state index in [-0.39, 0.29) is 23.2 Å². The second kappa shape index (κ2) is 9.61. The maximum atomic E-state index is 13.5. The van der Waals surface area contributed by atoms with E-state index in [1.54, 1.807) is 14.2 Å². The van der Waals surface area contributed by atoms with Gasteiger partial charge < -0.3 is 30.7 Å². The third-order valence-corrected chi connectivity index (χ3v) is 7.25. The monoisotopic (exact) mass is 490 g/mol. The first-order valence-corrected chi connectivity index (χ1v) is 11.5. The van der Waals surface area contributed by atoms with Crippen molar-refractivity contribution in [2.75, 3.05) is 26.1 Å². The van der Waals surface area contributed by atoms with Gasteiger partial charge in [-0.2, -0.15) is 0 Å². The van der Waals surface area contributed by atoms with Gasteiger partial charge in [0, 0.05) is 35.8 Å². The van der Waals surface area contributed by atoms with Gasteiger partial charge in [-0.25, -0.2) is 13.6 Å². The predicted molar refractivity (Wildman–Crippen MR) is 129 cm³/mol. The van der Waals surface area contributed by atoms with Gasteiger partial charge in [-0.1, -0.05) is 6.07 Å². The quantitative estimate of drug-likeness (QED) is 0.551. The highest BCUT2D eigenvalue weighted by Gasteiger charge is 2.52. The van der Waals surface area contributed by atoms with Crippen molar-refractivity contribution in [1.82, 2.24) is 10.2 Å². The summed E-state index contributed by atoms with van der Waals surface area (Å²) in [6.07, 6.45) is 3.05. The van der Waals surface area contributed by atoms with E-state index >= 15 is 0 Å². The number of methoxy groups -OCH3 is 2. The Labute approximate surface area is 202 Å². The van der Waals surface area contributed by atoms with Gasteiger partial charge in [0.15, 0.2) is 28.2 Å². The number of thiocarbonyl (C=S) groups is 1. The Kier molecular flexibility index (Phi) is 6.79. The number of nitrogens with zero attached hydrogens (tertiary/aromatic N) is 1. The first kappa shape index (κ1) is 24.0. The molecule has 0 aromatic heterocycles. The summed E-state index contributed by atoms with van der Waals surface area (Å²) in [6.45, 7) is 0.724. The predicted octanol–water partition coefficient (Wildman–Crippen LogP) is 3.91. The molecule has 7 nitrogen and oxygen atoms in total. The molecule has 0 bridgehead atoms. The largest absolute Gasteiger partial charge is 0.493 e. The van der Waals surface area contributed by atoms with Gasteiger partial charge in [-0.15, -0.1) is 0 Å². The van der Waals surface area contributed by atoms with E-state index in [2.05, 4.69) is 16.7 Å². The molecule has 4 rings (SSSR count). The number of hydrogen-bond donors (Lipinski definition) is 3. The van der Waals surface area contributed by atoms with Crippen LogP contribution in [0.3, 0.4) is 0 Å². The number of amides is 2. The molecule has 2 aromatic rings. The highest BCUT2D eigenvalue weighted by molar-refractivity contribution is 7.80. The van der Waals surface area contributed by atoms with Gasteiger partial charge in [0.25, 0.3) is 0 Å². The van der Waals surface area contributed by atoms with Crippen molar-refractivity contribution in [3.05, 3.63) is 53.6 Å². The summed E-state index contributed by atoms with van der Waals surface area (Å²) in [5, 5.41) is 5.86. The van der Waals surface area contributed by atoms with Crippen molar-refractivity contribution >= 4 is 29.0 Å². The molecule has 1 saturated heterocycles. The van der Waals surface area contributed by atoms with Crippen LogP contribution in [-0.4, -0.2) is 48.9 Å². The lowest BCUT2D eigenvalue weighted by atomic mass is 9.65. The molecule has 2 aliphatic rings. The molecule has 0 radical (unpaired) electrons. The zero-order valence-electron chi connectivity index (χ0n) is 19.1. The number of benzene rings is 2. The molecule has 3 unspecified atom stereocenters. The third kappa shape index (κ3) is 4.46. The number of anilines is 1. The number of nitrogens with one attached hydrogen (secondary N) is 2.